The maximum absolute atomic E-state index is 10.5. The standard InChI is InChI=1S/C9H11NO2/c1-3-10-5-4-9(12-2)6-8(10)7-11/h4-6H,3H2,1-2H3. The molecule has 0 N–H and O–H groups in total. The molecule has 0 fully saturated rings. The second-order valence-corrected chi connectivity index (χ2v) is 2.34. The summed E-state index contributed by atoms with van der Waals surface area (Å²) in [5.41, 5.74) is 0.511. The summed E-state index contributed by atoms with van der Waals surface area (Å²) in [6.07, 6.45) is 5.28. The van der Waals surface area contributed by atoms with Gasteiger partial charge in [-0.3, -0.25) is 0 Å². The van der Waals surface area contributed by atoms with E-state index < -0.39 is 0 Å². The van der Waals surface area contributed by atoms with Crippen molar-refractivity contribution in [2.75, 3.05) is 13.7 Å². The van der Waals surface area contributed by atoms with Crippen molar-refractivity contribution in [1.82, 2.24) is 4.90 Å². The van der Waals surface area contributed by atoms with E-state index in [4.69, 9.17) is 4.74 Å². The van der Waals surface area contributed by atoms with Crippen molar-refractivity contribution < 1.29 is 9.53 Å². The Morgan fingerprint density at radius 1 is 1.67 bits per heavy atom. The average Bonchev–Trinajstić information content (AvgIpc) is 2.16. The number of hydrogen-bond donors (Lipinski definition) is 0. The van der Waals surface area contributed by atoms with Gasteiger partial charge in [-0.05, 0) is 13.0 Å². The summed E-state index contributed by atoms with van der Waals surface area (Å²) in [6, 6.07) is 0. The number of rotatable bonds is 2. The zero-order valence-corrected chi connectivity index (χ0v) is 7.20. The Kier molecular flexibility index (Phi) is 2.72. The quantitative estimate of drug-likeness (QED) is 0.573. The van der Waals surface area contributed by atoms with Crippen LogP contribution in [-0.4, -0.2) is 24.5 Å². The molecule has 3 nitrogen and oxygen atoms in total. The molecule has 64 valence electrons. The third-order valence-electron chi connectivity index (χ3n) is 1.69. The zero-order valence-electron chi connectivity index (χ0n) is 7.20. The van der Waals surface area contributed by atoms with Gasteiger partial charge in [-0.25, -0.2) is 4.79 Å². The lowest BCUT2D eigenvalue weighted by Crippen LogP contribution is -2.18. The largest absolute Gasteiger partial charge is 0.497 e. The number of methoxy groups -OCH3 is 1. The summed E-state index contributed by atoms with van der Waals surface area (Å²) in [6.45, 7) is 2.72. The molecule has 0 bridgehead atoms. The van der Waals surface area contributed by atoms with Crippen molar-refractivity contribution in [1.29, 1.82) is 0 Å². The monoisotopic (exact) mass is 165 g/mol. The Hall–Kier alpha value is -1.47. The van der Waals surface area contributed by atoms with Crippen molar-refractivity contribution in [3.05, 3.63) is 29.8 Å². The minimum atomic E-state index is 0.511. The first-order valence-corrected chi connectivity index (χ1v) is 3.77. The van der Waals surface area contributed by atoms with Crippen molar-refractivity contribution >= 4 is 5.94 Å². The summed E-state index contributed by atoms with van der Waals surface area (Å²) in [5, 5.41) is 0. The molecule has 0 saturated heterocycles. The molecule has 0 unspecified atom stereocenters. The van der Waals surface area contributed by atoms with Crippen molar-refractivity contribution in [2.45, 2.75) is 6.92 Å². The zero-order chi connectivity index (χ0) is 8.97. The minimum absolute atomic E-state index is 0.511. The van der Waals surface area contributed by atoms with Gasteiger partial charge in [0.1, 0.15) is 11.5 Å². The predicted molar refractivity (Wildman–Crippen MR) is 45.8 cm³/mol. The van der Waals surface area contributed by atoms with E-state index in [0.717, 1.165) is 6.54 Å². The van der Waals surface area contributed by atoms with Crippen LogP contribution < -0.4 is 0 Å². The fraction of sp³-hybridized carbons (Fsp3) is 0.333. The van der Waals surface area contributed by atoms with E-state index >= 15 is 0 Å². The predicted octanol–water partition coefficient (Wildman–Crippen LogP) is 1.08. The molecule has 0 aromatic heterocycles. The second-order valence-electron chi connectivity index (χ2n) is 2.34. The molecule has 0 aromatic carbocycles. The Morgan fingerprint density at radius 3 is 2.92 bits per heavy atom. The lowest BCUT2D eigenvalue weighted by Gasteiger charge is -2.20. The van der Waals surface area contributed by atoms with Crippen molar-refractivity contribution in [2.24, 2.45) is 0 Å². The summed E-state index contributed by atoms with van der Waals surface area (Å²) in [5.74, 6) is 2.53. The lowest BCUT2D eigenvalue weighted by atomic mass is 10.2. The van der Waals surface area contributed by atoms with Gasteiger partial charge in [-0.1, -0.05) is 0 Å². The first kappa shape index (κ1) is 8.62. The van der Waals surface area contributed by atoms with Gasteiger partial charge in [0.15, 0.2) is 5.94 Å². The molecule has 0 spiro atoms. The molecule has 3 heteroatoms. The Morgan fingerprint density at radius 2 is 2.42 bits per heavy atom. The van der Waals surface area contributed by atoms with Crippen LogP contribution in [0.4, 0.5) is 0 Å². The van der Waals surface area contributed by atoms with E-state index in [2.05, 4.69) is 0 Å². The van der Waals surface area contributed by atoms with Crippen LogP contribution in [0.25, 0.3) is 0 Å². The molecule has 0 aliphatic carbocycles. The number of carbonyl (C=O) groups excluding carboxylic acids is 1. The van der Waals surface area contributed by atoms with Gasteiger partial charge in [0, 0.05) is 18.8 Å². The van der Waals surface area contributed by atoms with E-state index in [1.807, 2.05) is 18.9 Å². The van der Waals surface area contributed by atoms with Gasteiger partial charge < -0.3 is 9.64 Å². The third kappa shape index (κ3) is 1.57. The average molecular weight is 165 g/mol. The summed E-state index contributed by atoms with van der Waals surface area (Å²) < 4.78 is 4.96. The van der Waals surface area contributed by atoms with Gasteiger partial charge in [0.2, 0.25) is 0 Å². The van der Waals surface area contributed by atoms with Gasteiger partial charge in [0.25, 0.3) is 0 Å². The SMILES string of the molecule is CCN1C=CC(OC)=CC1=C=O. The molecule has 0 amide bonds. The normalized spacial score (nSPS) is 15.7. The van der Waals surface area contributed by atoms with Gasteiger partial charge in [-0.15, -0.1) is 0 Å². The highest BCUT2D eigenvalue weighted by atomic mass is 16.5. The van der Waals surface area contributed by atoms with E-state index in [1.165, 1.54) is 0 Å². The van der Waals surface area contributed by atoms with Gasteiger partial charge in [-0.2, -0.15) is 0 Å². The van der Waals surface area contributed by atoms with Crippen LogP contribution in [0.3, 0.4) is 0 Å². The minimum Gasteiger partial charge on any atom is -0.497 e. The molecule has 0 saturated carbocycles. The third-order valence-corrected chi connectivity index (χ3v) is 1.69. The number of likely N-dealkylation sites (N-methyl/N-ethyl adjacent to an activating group) is 1. The van der Waals surface area contributed by atoms with Crippen LogP contribution in [0.5, 0.6) is 0 Å². The van der Waals surface area contributed by atoms with E-state index in [0.29, 0.717) is 11.5 Å². The van der Waals surface area contributed by atoms with Crippen molar-refractivity contribution in [3.63, 3.8) is 0 Å². The van der Waals surface area contributed by atoms with Crippen LogP contribution in [0.15, 0.2) is 29.8 Å². The highest BCUT2D eigenvalue weighted by molar-refractivity contribution is 5.58. The van der Waals surface area contributed by atoms with E-state index in [-0.39, 0.29) is 0 Å². The summed E-state index contributed by atoms with van der Waals surface area (Å²) >= 11 is 0. The molecule has 0 aromatic rings. The Balaban J connectivity index is 2.89. The molecular formula is C9H11NO2. The van der Waals surface area contributed by atoms with Gasteiger partial charge in [0.05, 0.1) is 7.11 Å². The molecule has 0 radical (unpaired) electrons. The van der Waals surface area contributed by atoms with E-state index in [9.17, 15) is 4.79 Å². The highest BCUT2D eigenvalue weighted by Crippen LogP contribution is 2.14. The van der Waals surface area contributed by atoms with Crippen LogP contribution >= 0.6 is 0 Å². The molecule has 12 heavy (non-hydrogen) atoms. The van der Waals surface area contributed by atoms with Crippen LogP contribution in [-0.2, 0) is 9.53 Å². The van der Waals surface area contributed by atoms with Crippen LogP contribution in [0, 0.1) is 0 Å². The summed E-state index contributed by atoms with van der Waals surface area (Å²) in [4.78, 5) is 12.3. The number of hydrogen-bond acceptors (Lipinski definition) is 3. The molecular weight excluding hydrogens is 154 g/mol. The fourth-order valence-electron chi connectivity index (χ4n) is 1.00. The molecule has 1 rings (SSSR count). The fourth-order valence-corrected chi connectivity index (χ4v) is 1.00. The van der Waals surface area contributed by atoms with Crippen LogP contribution in [0.1, 0.15) is 6.92 Å². The first-order chi connectivity index (χ1) is 5.81. The molecule has 1 heterocycles. The maximum Gasteiger partial charge on any atom is 0.150 e. The molecule has 1 aliphatic heterocycles. The summed E-state index contributed by atoms with van der Waals surface area (Å²) in [7, 11) is 1.57. The Labute approximate surface area is 71.6 Å². The number of allylic oxidation sites excluding steroid dienone is 2. The smallest absolute Gasteiger partial charge is 0.150 e. The lowest BCUT2D eigenvalue weighted by molar-refractivity contribution is 0.300. The molecule has 0 atom stereocenters. The second kappa shape index (κ2) is 3.79. The molecule has 1 aliphatic rings. The number of nitrogens with zero attached hydrogens (tertiary/aromatic N) is 1. The van der Waals surface area contributed by atoms with E-state index in [1.54, 1.807) is 24.3 Å². The van der Waals surface area contributed by atoms with Crippen LogP contribution in [0.2, 0.25) is 0 Å². The Bertz CT molecular complexity index is 272. The first-order valence-electron chi connectivity index (χ1n) is 3.77. The number of ether oxygens (including phenoxy) is 1. The van der Waals surface area contributed by atoms with Crippen molar-refractivity contribution in [3.8, 4) is 0 Å². The highest BCUT2D eigenvalue weighted by Gasteiger charge is 2.09. The topological polar surface area (TPSA) is 29.5 Å². The maximum atomic E-state index is 10.5. The van der Waals surface area contributed by atoms with Gasteiger partial charge >= 0.3 is 0 Å².